The number of ether oxygens (including phenoxy) is 2. The molecule has 0 bridgehead atoms. The van der Waals surface area contributed by atoms with Gasteiger partial charge in [-0.2, -0.15) is 0 Å². The lowest BCUT2D eigenvalue weighted by atomic mass is 9.98. The number of aliphatic hydroxyl groups excluding tert-OH is 1. The van der Waals surface area contributed by atoms with E-state index in [1.54, 1.807) is 60.9 Å². The van der Waals surface area contributed by atoms with Crippen LogP contribution in [0.2, 0.25) is 0 Å². The van der Waals surface area contributed by atoms with Gasteiger partial charge in [0.15, 0.2) is 22.0 Å². The van der Waals surface area contributed by atoms with Crippen LogP contribution in [0.1, 0.15) is 80.0 Å². The maximum Gasteiger partial charge on any atom is 0.313 e. The molecule has 10 nitrogen and oxygen atoms in total. The zero-order valence-electron chi connectivity index (χ0n) is 23.9. The van der Waals surface area contributed by atoms with E-state index in [2.05, 4.69) is 21.9 Å². The van der Waals surface area contributed by atoms with Gasteiger partial charge in [-0.25, -0.2) is 0 Å². The van der Waals surface area contributed by atoms with E-state index in [0.717, 1.165) is 5.56 Å². The van der Waals surface area contributed by atoms with Gasteiger partial charge in [-0.1, -0.05) is 20.4 Å². The highest BCUT2D eigenvalue weighted by atomic mass is 31.2. The van der Waals surface area contributed by atoms with Gasteiger partial charge >= 0.3 is 11.9 Å². The molecule has 0 aliphatic rings. The Bertz CT molecular complexity index is 839. The van der Waals surface area contributed by atoms with Crippen molar-refractivity contribution in [2.75, 3.05) is 26.3 Å². The molecule has 1 aromatic rings. The summed E-state index contributed by atoms with van der Waals surface area (Å²) in [5.41, 5.74) is 0.745. The van der Waals surface area contributed by atoms with E-state index in [9.17, 15) is 14.7 Å². The van der Waals surface area contributed by atoms with E-state index in [-0.39, 0.29) is 31.3 Å². The van der Waals surface area contributed by atoms with Crippen molar-refractivity contribution in [3.63, 3.8) is 0 Å². The van der Waals surface area contributed by atoms with Crippen molar-refractivity contribution in [1.29, 1.82) is 0 Å². The zero-order chi connectivity index (χ0) is 28.6. The molecule has 11 heteroatoms. The smallest absolute Gasteiger partial charge is 0.313 e. The summed E-state index contributed by atoms with van der Waals surface area (Å²) < 4.78 is 21.6. The number of aromatic amines is 1. The van der Waals surface area contributed by atoms with Crippen LogP contribution in [0.5, 0.6) is 0 Å². The molecule has 0 saturated heterocycles. The van der Waals surface area contributed by atoms with Crippen molar-refractivity contribution in [2.45, 2.75) is 75.3 Å². The number of hydrogen-bond donors (Lipinski definition) is 3. The van der Waals surface area contributed by atoms with Crippen molar-refractivity contribution in [3.8, 4) is 0 Å². The molecule has 0 fully saturated rings. The maximum atomic E-state index is 12.0. The number of H-pyrrole nitrogens is 1. The van der Waals surface area contributed by atoms with E-state index in [0.29, 0.717) is 37.1 Å². The maximum absolute atomic E-state index is 12.0. The molecule has 0 aliphatic carbocycles. The van der Waals surface area contributed by atoms with Crippen LogP contribution in [0.15, 0.2) is 17.8 Å². The van der Waals surface area contributed by atoms with E-state index >= 15 is 0 Å². The van der Waals surface area contributed by atoms with Crippen LogP contribution in [0, 0.1) is 10.8 Å². The molecular weight excluding hydrogens is 497 g/mol. The lowest BCUT2D eigenvalue weighted by molar-refractivity contribution is -0.161. The first-order valence-corrected chi connectivity index (χ1v) is 13.8. The summed E-state index contributed by atoms with van der Waals surface area (Å²) in [6, 6.07) is 0. The summed E-state index contributed by atoms with van der Waals surface area (Å²) >= 11 is 0. The summed E-state index contributed by atoms with van der Waals surface area (Å²) in [7, 11) is -1.45. The van der Waals surface area contributed by atoms with Crippen molar-refractivity contribution in [3.05, 3.63) is 24.0 Å². The van der Waals surface area contributed by atoms with Crippen LogP contribution in [-0.2, 0) is 34.7 Å². The Morgan fingerprint density at radius 2 is 1.59 bits per heavy atom. The standard InChI is InChI=1S/C24H40N3O7P.C2H6/c1-9-26-20-18(14-27-19(20)17(2)28)13-25-11-10-12-35(33-15-31-21(29)23(3,4)5)34-16-32-22(30)24(6,7)8;1-2/h9,14,25,27-28H,2,10-13,15-16H2,1,3-8H3;1-2H3. The van der Waals surface area contributed by atoms with Gasteiger partial charge in [-0.15, -0.1) is 0 Å². The fourth-order valence-electron chi connectivity index (χ4n) is 2.52. The highest BCUT2D eigenvalue weighted by molar-refractivity contribution is 7.47. The number of rotatable bonds is 14. The first-order valence-electron chi connectivity index (χ1n) is 12.4. The Hall–Kier alpha value is -2.26. The normalized spacial score (nSPS) is 11.8. The number of esters is 2. The fraction of sp³-hybridized carbons (Fsp3) is 0.654. The van der Waals surface area contributed by atoms with Crippen LogP contribution in [0.3, 0.4) is 0 Å². The minimum atomic E-state index is -1.45. The van der Waals surface area contributed by atoms with E-state index in [1.165, 1.54) is 0 Å². The Morgan fingerprint density at radius 3 is 2.03 bits per heavy atom. The summed E-state index contributed by atoms with van der Waals surface area (Å²) in [4.78, 5) is 31.2. The predicted molar refractivity (Wildman–Crippen MR) is 149 cm³/mol. The Kier molecular flexibility index (Phi) is 16.2. The van der Waals surface area contributed by atoms with E-state index in [1.807, 2.05) is 13.8 Å². The molecule has 0 spiro atoms. The molecule has 0 radical (unpaired) electrons. The fourth-order valence-corrected chi connectivity index (χ4v) is 3.61. The average Bonchev–Trinajstić information content (AvgIpc) is 3.21. The van der Waals surface area contributed by atoms with Gasteiger partial charge in [0.2, 0.25) is 0 Å². The molecule has 1 aromatic heterocycles. The molecule has 0 atom stereocenters. The first kappa shape index (κ1) is 34.7. The quantitative estimate of drug-likeness (QED) is 0.0630. The third-order valence-corrected chi connectivity index (χ3v) is 5.95. The molecule has 3 N–H and O–H groups in total. The Labute approximate surface area is 223 Å². The van der Waals surface area contributed by atoms with Crippen molar-refractivity contribution in [2.24, 2.45) is 15.8 Å². The number of aromatic nitrogens is 1. The minimum absolute atomic E-state index is 0.0730. The molecule has 0 unspecified atom stereocenters. The summed E-state index contributed by atoms with van der Waals surface area (Å²) in [5, 5.41) is 13.0. The third kappa shape index (κ3) is 13.7. The topological polar surface area (TPSA) is 131 Å². The largest absolute Gasteiger partial charge is 0.506 e. The van der Waals surface area contributed by atoms with Gasteiger partial charge in [0.1, 0.15) is 11.5 Å². The number of carbonyl (C=O) groups is 2. The summed E-state index contributed by atoms with van der Waals surface area (Å²) in [5.74, 6) is -0.832. The molecule has 0 aromatic carbocycles. The number of nitrogens with one attached hydrogen (secondary N) is 2. The van der Waals surface area contributed by atoms with Gasteiger partial charge in [-0.3, -0.25) is 23.6 Å². The molecule has 1 heterocycles. The highest BCUT2D eigenvalue weighted by Crippen LogP contribution is 2.39. The van der Waals surface area contributed by atoms with Crippen LogP contribution in [0.25, 0.3) is 5.76 Å². The first-order chi connectivity index (χ1) is 17.3. The molecule has 0 saturated carbocycles. The predicted octanol–water partition coefficient (Wildman–Crippen LogP) is 6.21. The number of aliphatic hydroxyl groups is 1. The molecule has 0 amide bonds. The molecule has 1 rings (SSSR count). The highest BCUT2D eigenvalue weighted by Gasteiger charge is 2.25. The zero-order valence-corrected chi connectivity index (χ0v) is 24.8. The van der Waals surface area contributed by atoms with Crippen LogP contribution >= 0.6 is 8.38 Å². The number of nitrogens with zero attached hydrogens (tertiary/aromatic N) is 1. The van der Waals surface area contributed by atoms with Crippen LogP contribution < -0.4 is 5.32 Å². The number of aliphatic imine (C=N–C) groups is 1. The summed E-state index contributed by atoms with van der Waals surface area (Å²) in [6.07, 6.45) is 4.66. The summed E-state index contributed by atoms with van der Waals surface area (Å²) in [6.45, 7) is 20.6. The number of hydrogen-bond acceptors (Lipinski definition) is 9. The molecular formula is C26H46N3O7P. The lowest BCUT2D eigenvalue weighted by Gasteiger charge is -2.21. The Morgan fingerprint density at radius 1 is 1.08 bits per heavy atom. The van der Waals surface area contributed by atoms with Gasteiger partial charge in [0, 0.05) is 30.7 Å². The lowest BCUT2D eigenvalue weighted by Crippen LogP contribution is -2.24. The Balaban J connectivity index is 0.00000631. The third-order valence-electron chi connectivity index (χ3n) is 4.49. The van der Waals surface area contributed by atoms with Crippen molar-refractivity contribution in [1.82, 2.24) is 10.3 Å². The second-order valence-corrected chi connectivity index (χ2v) is 11.4. The van der Waals surface area contributed by atoms with Crippen molar-refractivity contribution < 1.29 is 33.2 Å². The van der Waals surface area contributed by atoms with Crippen molar-refractivity contribution >= 4 is 38.0 Å². The van der Waals surface area contributed by atoms with Gasteiger partial charge < -0.3 is 24.9 Å². The minimum Gasteiger partial charge on any atom is -0.506 e. The second-order valence-electron chi connectivity index (χ2n) is 9.82. The monoisotopic (exact) mass is 543 g/mol. The van der Waals surface area contributed by atoms with Crippen LogP contribution in [-0.4, -0.2) is 54.5 Å². The SMILES string of the molecule is C=C(O)c1[nH]cc(CNCCCP(OCOC(=O)C(C)(C)C)OCOC(=O)C(C)(C)C)c1N=CC.CC. The average molecular weight is 544 g/mol. The second kappa shape index (κ2) is 17.3. The molecule has 0 aliphatic heterocycles. The van der Waals surface area contributed by atoms with E-state index < -0.39 is 19.2 Å². The number of carbonyl (C=O) groups excluding carboxylic acids is 2. The van der Waals surface area contributed by atoms with E-state index in [4.69, 9.17) is 18.5 Å². The molecule has 212 valence electrons. The van der Waals surface area contributed by atoms with Gasteiger partial charge in [0.25, 0.3) is 0 Å². The van der Waals surface area contributed by atoms with Crippen LogP contribution in [0.4, 0.5) is 5.69 Å². The van der Waals surface area contributed by atoms with Gasteiger partial charge in [-0.05, 0) is 61.4 Å². The molecule has 37 heavy (non-hydrogen) atoms. The van der Waals surface area contributed by atoms with Gasteiger partial charge in [0.05, 0.1) is 16.5 Å².